The molecule has 1 aliphatic heterocycles. The molecular formula is C19H17NO5S. The Balaban J connectivity index is 1.77. The summed E-state index contributed by atoms with van der Waals surface area (Å²) in [4.78, 5) is 0.157. The van der Waals surface area contributed by atoms with Crippen LogP contribution in [0.15, 0.2) is 47.4 Å². The highest BCUT2D eigenvalue weighted by Crippen LogP contribution is 2.64. The van der Waals surface area contributed by atoms with Crippen molar-refractivity contribution in [3.63, 3.8) is 0 Å². The molecule has 0 spiro atoms. The Morgan fingerprint density at radius 2 is 1.88 bits per heavy atom. The lowest BCUT2D eigenvalue weighted by Crippen LogP contribution is -2.18. The summed E-state index contributed by atoms with van der Waals surface area (Å²) in [6.07, 6.45) is 0. The molecule has 0 saturated heterocycles. The van der Waals surface area contributed by atoms with Gasteiger partial charge in [-0.3, -0.25) is 0 Å². The summed E-state index contributed by atoms with van der Waals surface area (Å²) < 4.78 is 36.9. The van der Waals surface area contributed by atoms with Crippen molar-refractivity contribution in [1.82, 2.24) is 0 Å². The molecule has 26 heavy (non-hydrogen) atoms. The second kappa shape index (κ2) is 5.73. The summed E-state index contributed by atoms with van der Waals surface area (Å²) in [7, 11) is -3.78. The van der Waals surface area contributed by atoms with Crippen LogP contribution in [-0.2, 0) is 9.84 Å². The smallest absolute Gasteiger partial charge is 0.231 e. The normalized spacial score (nSPS) is 26.3. The van der Waals surface area contributed by atoms with Crippen LogP contribution < -0.4 is 9.47 Å². The van der Waals surface area contributed by atoms with E-state index in [9.17, 15) is 18.8 Å². The number of aliphatic hydroxyl groups excluding tert-OH is 1. The van der Waals surface area contributed by atoms with E-state index in [0.717, 1.165) is 5.56 Å². The van der Waals surface area contributed by atoms with Crippen molar-refractivity contribution in [3.05, 3.63) is 53.6 Å². The molecule has 2 aromatic rings. The maximum atomic E-state index is 13.1. The maximum Gasteiger partial charge on any atom is 0.231 e. The largest absolute Gasteiger partial charge is 0.454 e. The van der Waals surface area contributed by atoms with Crippen molar-refractivity contribution in [1.29, 1.82) is 5.26 Å². The van der Waals surface area contributed by atoms with Crippen LogP contribution in [0.4, 0.5) is 0 Å². The Kier molecular flexibility index (Phi) is 3.72. The second-order valence-electron chi connectivity index (χ2n) is 6.68. The van der Waals surface area contributed by atoms with Crippen molar-refractivity contribution in [2.75, 3.05) is 13.4 Å². The maximum absolute atomic E-state index is 13.1. The molecular weight excluding hydrogens is 354 g/mol. The van der Waals surface area contributed by atoms with Crippen molar-refractivity contribution in [2.24, 2.45) is 5.41 Å². The number of benzene rings is 2. The lowest BCUT2D eigenvalue weighted by atomic mass is 10.0. The van der Waals surface area contributed by atoms with Gasteiger partial charge in [-0.2, -0.15) is 5.26 Å². The summed E-state index contributed by atoms with van der Waals surface area (Å²) in [5.41, 5.74) is 0.226. The number of rotatable bonds is 4. The fraction of sp³-hybridized carbons (Fsp3) is 0.316. The van der Waals surface area contributed by atoms with Crippen LogP contribution >= 0.6 is 0 Å². The molecule has 4 rings (SSSR count). The molecule has 0 bridgehead atoms. The highest BCUT2D eigenvalue weighted by Gasteiger charge is 2.72. The van der Waals surface area contributed by atoms with Crippen LogP contribution in [-0.4, -0.2) is 32.2 Å². The average Bonchev–Trinajstić information content (AvgIpc) is 3.12. The van der Waals surface area contributed by atoms with Gasteiger partial charge >= 0.3 is 0 Å². The van der Waals surface area contributed by atoms with Gasteiger partial charge in [-0.15, -0.1) is 0 Å². The molecule has 1 N–H and O–H groups in total. The van der Waals surface area contributed by atoms with Crippen LogP contribution in [0.2, 0.25) is 0 Å². The van der Waals surface area contributed by atoms with E-state index in [-0.39, 0.29) is 11.7 Å². The number of sulfone groups is 1. The number of fused-ring (bicyclic) bond motifs is 1. The number of hydrogen-bond acceptors (Lipinski definition) is 6. The molecule has 2 aliphatic rings. The highest BCUT2D eigenvalue weighted by molar-refractivity contribution is 7.92. The first kappa shape index (κ1) is 16.9. The fourth-order valence-electron chi connectivity index (χ4n) is 3.67. The van der Waals surface area contributed by atoms with Gasteiger partial charge < -0.3 is 14.6 Å². The predicted molar refractivity (Wildman–Crippen MR) is 92.6 cm³/mol. The Morgan fingerprint density at radius 1 is 1.19 bits per heavy atom. The van der Waals surface area contributed by atoms with Crippen LogP contribution in [0.1, 0.15) is 17.0 Å². The molecule has 0 amide bonds. The van der Waals surface area contributed by atoms with Crippen LogP contribution in [0.5, 0.6) is 11.5 Å². The number of aryl methyl sites for hydroxylation is 1. The summed E-state index contributed by atoms with van der Waals surface area (Å²) in [5.74, 6) is 0.475. The van der Waals surface area contributed by atoms with Crippen molar-refractivity contribution in [2.45, 2.75) is 23.0 Å². The van der Waals surface area contributed by atoms with Crippen molar-refractivity contribution < 1.29 is 23.0 Å². The fourth-order valence-corrected chi connectivity index (χ4v) is 5.99. The van der Waals surface area contributed by atoms with Crippen LogP contribution in [0, 0.1) is 23.7 Å². The van der Waals surface area contributed by atoms with Gasteiger partial charge in [0.25, 0.3) is 0 Å². The van der Waals surface area contributed by atoms with E-state index in [1.807, 2.05) is 6.92 Å². The standard InChI is InChI=1S/C19H17NO5S/c1-12-2-5-14(6-3-12)26(22,23)18-17(19(18,9-20)10-21)13-4-7-15-16(8-13)25-11-24-15/h2-8,17-18,21H,10-11H2,1H3. The summed E-state index contributed by atoms with van der Waals surface area (Å²) in [6.45, 7) is 1.45. The minimum Gasteiger partial charge on any atom is -0.454 e. The van der Waals surface area contributed by atoms with Crippen LogP contribution in [0.3, 0.4) is 0 Å². The van der Waals surface area contributed by atoms with Gasteiger partial charge in [0.2, 0.25) is 6.79 Å². The minimum absolute atomic E-state index is 0.109. The van der Waals surface area contributed by atoms with E-state index >= 15 is 0 Å². The third-order valence-electron chi connectivity index (χ3n) is 5.17. The molecule has 7 heteroatoms. The van der Waals surface area contributed by atoms with Gasteiger partial charge in [0, 0.05) is 5.92 Å². The molecule has 0 radical (unpaired) electrons. The molecule has 1 heterocycles. The van der Waals surface area contributed by atoms with E-state index < -0.39 is 33.0 Å². The zero-order valence-electron chi connectivity index (χ0n) is 14.0. The third kappa shape index (κ3) is 2.30. The molecule has 3 atom stereocenters. The zero-order valence-corrected chi connectivity index (χ0v) is 14.9. The summed E-state index contributed by atoms with van der Waals surface area (Å²) >= 11 is 0. The van der Waals surface area contributed by atoms with Gasteiger partial charge in [0.15, 0.2) is 21.3 Å². The molecule has 6 nitrogen and oxygen atoms in total. The lowest BCUT2D eigenvalue weighted by Gasteiger charge is -2.06. The molecule has 0 aromatic heterocycles. The SMILES string of the molecule is Cc1ccc(S(=O)(=O)C2C(c3ccc4c(c3)OCO4)C2(C#N)CO)cc1. The van der Waals surface area contributed by atoms with Gasteiger partial charge in [0.1, 0.15) is 5.41 Å². The van der Waals surface area contributed by atoms with Gasteiger partial charge in [-0.05, 0) is 36.8 Å². The Bertz CT molecular complexity index is 1010. The van der Waals surface area contributed by atoms with Crippen molar-refractivity contribution >= 4 is 9.84 Å². The van der Waals surface area contributed by atoms with E-state index in [4.69, 9.17) is 9.47 Å². The minimum atomic E-state index is -3.78. The first-order chi connectivity index (χ1) is 12.4. The number of hydrogen-bond donors (Lipinski definition) is 1. The van der Waals surface area contributed by atoms with Gasteiger partial charge in [-0.25, -0.2) is 8.42 Å². The van der Waals surface area contributed by atoms with Crippen molar-refractivity contribution in [3.8, 4) is 17.6 Å². The molecule has 134 valence electrons. The van der Waals surface area contributed by atoms with E-state index in [0.29, 0.717) is 17.1 Å². The van der Waals surface area contributed by atoms with Gasteiger partial charge in [0.05, 0.1) is 22.8 Å². The van der Waals surface area contributed by atoms with Crippen LogP contribution in [0.25, 0.3) is 0 Å². The molecule has 1 aliphatic carbocycles. The number of nitriles is 1. The quantitative estimate of drug-likeness (QED) is 0.885. The first-order valence-electron chi connectivity index (χ1n) is 8.16. The second-order valence-corrected chi connectivity index (χ2v) is 8.75. The average molecular weight is 371 g/mol. The number of nitrogens with zero attached hydrogens (tertiary/aromatic N) is 1. The summed E-state index contributed by atoms with van der Waals surface area (Å²) in [6, 6.07) is 13.7. The Morgan fingerprint density at radius 3 is 2.54 bits per heavy atom. The Hall–Kier alpha value is -2.56. The monoisotopic (exact) mass is 371 g/mol. The van der Waals surface area contributed by atoms with E-state index in [2.05, 4.69) is 6.07 Å². The molecule has 1 saturated carbocycles. The molecule has 1 fully saturated rings. The number of ether oxygens (including phenoxy) is 2. The van der Waals surface area contributed by atoms with Gasteiger partial charge in [-0.1, -0.05) is 23.8 Å². The predicted octanol–water partition coefficient (Wildman–Crippen LogP) is 2.17. The topological polar surface area (TPSA) is 96.6 Å². The lowest BCUT2D eigenvalue weighted by molar-refractivity contribution is 0.174. The third-order valence-corrected chi connectivity index (χ3v) is 7.46. The Labute approximate surface area is 151 Å². The highest BCUT2D eigenvalue weighted by atomic mass is 32.2. The molecule has 2 aromatic carbocycles. The summed E-state index contributed by atoms with van der Waals surface area (Å²) in [5, 5.41) is 18.5. The first-order valence-corrected chi connectivity index (χ1v) is 9.71. The number of aliphatic hydroxyl groups is 1. The zero-order chi connectivity index (χ0) is 18.5. The molecule has 3 unspecified atom stereocenters. The van der Waals surface area contributed by atoms with E-state index in [1.165, 1.54) is 0 Å². The van der Waals surface area contributed by atoms with E-state index in [1.54, 1.807) is 42.5 Å².